The number of aromatic nitrogens is 4. The summed E-state index contributed by atoms with van der Waals surface area (Å²) in [6, 6.07) is 9.20. The highest BCUT2D eigenvalue weighted by atomic mass is 35.5. The molecule has 192 valence electrons. The molecule has 2 aliphatic heterocycles. The van der Waals surface area contributed by atoms with Crippen LogP contribution in [0.1, 0.15) is 37.6 Å². The van der Waals surface area contributed by atoms with E-state index in [-0.39, 0.29) is 11.7 Å². The van der Waals surface area contributed by atoms with Crippen molar-refractivity contribution in [3.8, 4) is 11.6 Å². The molecule has 2 saturated heterocycles. The Bertz CT molecular complexity index is 1180. The molecule has 0 aliphatic carbocycles. The van der Waals surface area contributed by atoms with Gasteiger partial charge in [0.15, 0.2) is 22.5 Å². The molecule has 0 saturated carbocycles. The average molecular weight is 531 g/mol. The minimum absolute atomic E-state index is 0.226. The predicted molar refractivity (Wildman–Crippen MR) is 142 cm³/mol. The summed E-state index contributed by atoms with van der Waals surface area (Å²) in [6.45, 7) is 9.78. The first-order chi connectivity index (χ1) is 17.4. The molecule has 11 heteroatoms. The third-order valence-electron chi connectivity index (χ3n) is 7.24. The van der Waals surface area contributed by atoms with Gasteiger partial charge in [-0.1, -0.05) is 42.3 Å². The Morgan fingerprint density at radius 1 is 1.03 bits per heavy atom. The van der Waals surface area contributed by atoms with Crippen molar-refractivity contribution < 1.29 is 4.42 Å². The second kappa shape index (κ2) is 10.9. The molecule has 2 N–H and O–H groups in total. The molecule has 1 atom stereocenters. The summed E-state index contributed by atoms with van der Waals surface area (Å²) in [4.78, 5) is 16.5. The number of benzene rings is 1. The zero-order chi connectivity index (χ0) is 25.2. The molecular weight excluding hydrogens is 499 g/mol. The summed E-state index contributed by atoms with van der Waals surface area (Å²) < 4.78 is 5.46. The van der Waals surface area contributed by atoms with Crippen LogP contribution in [0.2, 0.25) is 10.2 Å². The maximum absolute atomic E-state index is 6.57. The van der Waals surface area contributed by atoms with Gasteiger partial charge in [-0.05, 0) is 50.0 Å². The first-order valence-corrected chi connectivity index (χ1v) is 13.3. The van der Waals surface area contributed by atoms with E-state index in [9.17, 15) is 0 Å². The van der Waals surface area contributed by atoms with Crippen LogP contribution >= 0.6 is 23.2 Å². The average Bonchev–Trinajstić information content (AvgIpc) is 3.32. The summed E-state index contributed by atoms with van der Waals surface area (Å²) >= 11 is 12.6. The fourth-order valence-corrected chi connectivity index (χ4v) is 5.70. The fourth-order valence-electron chi connectivity index (χ4n) is 5.33. The van der Waals surface area contributed by atoms with Gasteiger partial charge in [0.1, 0.15) is 0 Å². The summed E-state index contributed by atoms with van der Waals surface area (Å²) in [6.07, 6.45) is 3.41. The monoisotopic (exact) mass is 530 g/mol. The van der Waals surface area contributed by atoms with Gasteiger partial charge >= 0.3 is 0 Å². The number of hydrogen-bond acceptors (Lipinski definition) is 9. The highest BCUT2D eigenvalue weighted by Gasteiger charge is 2.34. The van der Waals surface area contributed by atoms with Crippen molar-refractivity contribution in [1.29, 1.82) is 0 Å². The molecular formula is C25H32Cl2N8O. The number of nitrogens with zero attached hydrogens (tertiary/aromatic N) is 7. The standard InChI is InChI=1S/C25H32Cl2N8O/c1-3-19-15-34(24-22(27)29-21(23(28)30-24)25-32-31-16(2)36-25)12-13-35(19)20-8-10-33(11-9-20)14-17-4-6-18(26)7-5-17/h4-7,19-20H,3,8-15H2,1-2H3,(H2,28,30). The highest BCUT2D eigenvalue weighted by Crippen LogP contribution is 2.32. The number of rotatable bonds is 6. The Morgan fingerprint density at radius 2 is 1.78 bits per heavy atom. The molecule has 0 bridgehead atoms. The van der Waals surface area contributed by atoms with Gasteiger partial charge in [-0.15, -0.1) is 10.2 Å². The number of likely N-dealkylation sites (tertiary alicyclic amines) is 1. The number of aryl methyl sites for hydroxylation is 1. The summed E-state index contributed by atoms with van der Waals surface area (Å²) in [5.74, 6) is 1.51. The predicted octanol–water partition coefficient (Wildman–Crippen LogP) is 4.29. The van der Waals surface area contributed by atoms with Crippen molar-refractivity contribution in [3.63, 3.8) is 0 Å². The van der Waals surface area contributed by atoms with Gasteiger partial charge in [0, 0.05) is 50.2 Å². The molecule has 4 heterocycles. The van der Waals surface area contributed by atoms with Gasteiger partial charge in [0.25, 0.3) is 5.89 Å². The van der Waals surface area contributed by atoms with Crippen molar-refractivity contribution >= 4 is 34.8 Å². The van der Waals surface area contributed by atoms with Crippen LogP contribution in [0.5, 0.6) is 0 Å². The zero-order valence-electron chi connectivity index (χ0n) is 20.7. The number of nitrogen functional groups attached to an aromatic ring is 1. The van der Waals surface area contributed by atoms with E-state index < -0.39 is 0 Å². The lowest BCUT2D eigenvalue weighted by Crippen LogP contribution is -2.58. The number of hydrogen-bond donors (Lipinski definition) is 1. The van der Waals surface area contributed by atoms with Crippen LogP contribution in [0.3, 0.4) is 0 Å². The second-order valence-corrected chi connectivity index (χ2v) is 10.4. The van der Waals surface area contributed by atoms with E-state index in [1.54, 1.807) is 6.92 Å². The van der Waals surface area contributed by atoms with Crippen molar-refractivity contribution in [1.82, 2.24) is 30.0 Å². The summed E-state index contributed by atoms with van der Waals surface area (Å²) in [5, 5.41) is 8.92. The second-order valence-electron chi connectivity index (χ2n) is 9.58. The molecule has 36 heavy (non-hydrogen) atoms. The molecule has 2 aliphatic rings. The van der Waals surface area contributed by atoms with Crippen LogP contribution in [0.15, 0.2) is 28.7 Å². The first kappa shape index (κ1) is 25.2. The summed E-state index contributed by atoms with van der Waals surface area (Å²) in [5.41, 5.74) is 7.85. The van der Waals surface area contributed by atoms with E-state index in [4.69, 9.17) is 33.4 Å². The smallest absolute Gasteiger partial charge is 0.270 e. The van der Waals surface area contributed by atoms with E-state index in [1.807, 2.05) is 12.1 Å². The van der Waals surface area contributed by atoms with Crippen LogP contribution in [-0.4, -0.2) is 74.8 Å². The molecule has 5 rings (SSSR count). The number of piperidine rings is 1. The van der Waals surface area contributed by atoms with Crippen LogP contribution in [0, 0.1) is 6.92 Å². The maximum Gasteiger partial charge on any atom is 0.270 e. The molecule has 9 nitrogen and oxygen atoms in total. The Morgan fingerprint density at radius 3 is 2.44 bits per heavy atom. The third-order valence-corrected chi connectivity index (χ3v) is 7.74. The number of anilines is 2. The molecule has 1 unspecified atom stereocenters. The minimum Gasteiger partial charge on any atom is -0.420 e. The normalized spacial score (nSPS) is 20.2. The quantitative estimate of drug-likeness (QED) is 0.499. The van der Waals surface area contributed by atoms with Gasteiger partial charge in [0.05, 0.1) is 0 Å². The van der Waals surface area contributed by atoms with E-state index >= 15 is 0 Å². The zero-order valence-corrected chi connectivity index (χ0v) is 22.2. The van der Waals surface area contributed by atoms with E-state index in [2.05, 4.69) is 53.9 Å². The Labute approximate surface area is 221 Å². The highest BCUT2D eigenvalue weighted by molar-refractivity contribution is 6.32. The number of piperazine rings is 1. The van der Waals surface area contributed by atoms with Gasteiger partial charge in [0.2, 0.25) is 5.89 Å². The van der Waals surface area contributed by atoms with Crippen LogP contribution in [0.4, 0.5) is 11.6 Å². The molecule has 2 aromatic heterocycles. The molecule has 0 spiro atoms. The maximum atomic E-state index is 6.57. The summed E-state index contributed by atoms with van der Waals surface area (Å²) in [7, 11) is 0. The van der Waals surface area contributed by atoms with Crippen molar-refractivity contribution in [2.45, 2.75) is 51.7 Å². The number of nitrogens with two attached hydrogens (primary N) is 1. The minimum atomic E-state index is 0.226. The van der Waals surface area contributed by atoms with E-state index in [0.717, 1.165) is 50.7 Å². The molecule has 3 aromatic rings. The molecule has 0 radical (unpaired) electrons. The van der Waals surface area contributed by atoms with E-state index in [1.165, 1.54) is 18.4 Å². The lowest BCUT2D eigenvalue weighted by Gasteiger charge is -2.47. The fraction of sp³-hybridized carbons (Fsp3) is 0.520. The van der Waals surface area contributed by atoms with Crippen molar-refractivity contribution in [3.05, 3.63) is 45.9 Å². The van der Waals surface area contributed by atoms with Crippen LogP contribution in [0.25, 0.3) is 11.6 Å². The van der Waals surface area contributed by atoms with E-state index in [0.29, 0.717) is 34.6 Å². The van der Waals surface area contributed by atoms with Gasteiger partial charge in [-0.3, -0.25) is 9.80 Å². The van der Waals surface area contributed by atoms with Gasteiger partial charge in [-0.2, -0.15) is 0 Å². The van der Waals surface area contributed by atoms with Gasteiger partial charge in [-0.25, -0.2) is 9.97 Å². The van der Waals surface area contributed by atoms with Crippen molar-refractivity contribution in [2.24, 2.45) is 0 Å². The number of halogens is 2. The first-order valence-electron chi connectivity index (χ1n) is 12.5. The topological polar surface area (TPSA) is 100 Å². The molecule has 1 aromatic carbocycles. The Balaban J connectivity index is 1.21. The Kier molecular flexibility index (Phi) is 7.62. The SMILES string of the molecule is CCC1CN(c2nc(N)c(-c3nnc(C)o3)nc2Cl)CCN1C1CCN(Cc2ccc(Cl)cc2)CC1. The lowest BCUT2D eigenvalue weighted by atomic mass is 9.98. The third kappa shape index (κ3) is 5.44. The molecule has 0 amide bonds. The van der Waals surface area contributed by atoms with Gasteiger partial charge < -0.3 is 15.1 Å². The van der Waals surface area contributed by atoms with Crippen LogP contribution < -0.4 is 10.6 Å². The lowest BCUT2D eigenvalue weighted by molar-refractivity contribution is 0.0610. The van der Waals surface area contributed by atoms with Crippen LogP contribution in [-0.2, 0) is 6.54 Å². The largest absolute Gasteiger partial charge is 0.420 e. The van der Waals surface area contributed by atoms with Crippen molar-refractivity contribution in [2.75, 3.05) is 43.4 Å². The Hall–Kier alpha value is -2.46. The molecule has 2 fully saturated rings.